The summed E-state index contributed by atoms with van der Waals surface area (Å²) in [5, 5.41) is 3.96. The van der Waals surface area contributed by atoms with Crippen LogP contribution in [0.3, 0.4) is 0 Å². The second kappa shape index (κ2) is 7.68. The van der Waals surface area contributed by atoms with Gasteiger partial charge in [0, 0.05) is 31.0 Å². The minimum absolute atomic E-state index is 0.148. The third-order valence-electron chi connectivity index (χ3n) is 4.49. The summed E-state index contributed by atoms with van der Waals surface area (Å²) in [6.45, 7) is 4.83. The molecule has 0 unspecified atom stereocenters. The second-order valence-electron chi connectivity index (χ2n) is 6.70. The second-order valence-corrected chi connectivity index (χ2v) is 6.70. The van der Waals surface area contributed by atoms with Gasteiger partial charge in [0.2, 0.25) is 11.8 Å². The van der Waals surface area contributed by atoms with Gasteiger partial charge in [-0.05, 0) is 43.0 Å². The molecule has 2 heterocycles. The first-order valence-corrected chi connectivity index (χ1v) is 8.88. The van der Waals surface area contributed by atoms with Crippen molar-refractivity contribution in [2.24, 2.45) is 0 Å². The molecule has 0 radical (unpaired) electrons. The molecule has 0 saturated carbocycles. The molecule has 6 heteroatoms. The van der Waals surface area contributed by atoms with Crippen LogP contribution in [0.5, 0.6) is 5.75 Å². The zero-order valence-electron chi connectivity index (χ0n) is 15.1. The highest BCUT2D eigenvalue weighted by atomic mass is 16.5. The lowest BCUT2D eigenvalue weighted by Gasteiger charge is -2.29. The van der Waals surface area contributed by atoms with Gasteiger partial charge < -0.3 is 14.2 Å². The van der Waals surface area contributed by atoms with Gasteiger partial charge in [0.1, 0.15) is 5.75 Å². The van der Waals surface area contributed by atoms with Gasteiger partial charge in [-0.1, -0.05) is 19.0 Å². The number of anilines is 1. The van der Waals surface area contributed by atoms with Crippen molar-refractivity contribution in [3.05, 3.63) is 35.5 Å². The summed E-state index contributed by atoms with van der Waals surface area (Å²) in [4.78, 5) is 18.9. The molecule has 6 nitrogen and oxygen atoms in total. The first-order valence-electron chi connectivity index (χ1n) is 8.88. The van der Waals surface area contributed by atoms with E-state index in [0.29, 0.717) is 25.2 Å². The van der Waals surface area contributed by atoms with Crippen LogP contribution < -0.4 is 9.64 Å². The molecule has 1 aromatic carbocycles. The fraction of sp³-hybridized carbons (Fsp3) is 0.526. The van der Waals surface area contributed by atoms with Gasteiger partial charge in [-0.15, -0.1) is 0 Å². The Hall–Kier alpha value is -2.37. The standard InChI is InChI=1S/C19H25N3O3/c1-13(2)19-20-17(25-21-19)7-4-8-18(23)22-11-5-6-14-12-15(24-3)9-10-16(14)22/h9-10,12-13H,4-8,11H2,1-3H3. The maximum atomic E-state index is 12.6. The van der Waals surface area contributed by atoms with E-state index in [0.717, 1.165) is 36.6 Å². The maximum Gasteiger partial charge on any atom is 0.226 e. The van der Waals surface area contributed by atoms with E-state index in [1.54, 1.807) is 7.11 Å². The molecule has 1 aliphatic heterocycles. The summed E-state index contributed by atoms with van der Waals surface area (Å²) >= 11 is 0. The molecule has 1 aromatic heterocycles. The summed E-state index contributed by atoms with van der Waals surface area (Å²) in [6.07, 6.45) is 3.78. The number of ether oxygens (including phenoxy) is 1. The van der Waals surface area contributed by atoms with E-state index in [1.165, 1.54) is 5.56 Å². The van der Waals surface area contributed by atoms with Gasteiger partial charge in [-0.2, -0.15) is 4.98 Å². The Morgan fingerprint density at radius 2 is 2.24 bits per heavy atom. The molecule has 0 spiro atoms. The third kappa shape index (κ3) is 4.00. The zero-order valence-corrected chi connectivity index (χ0v) is 15.1. The van der Waals surface area contributed by atoms with Crippen LogP contribution >= 0.6 is 0 Å². The number of carbonyl (C=O) groups excluding carboxylic acids is 1. The number of hydrogen-bond donors (Lipinski definition) is 0. The molecular weight excluding hydrogens is 318 g/mol. The van der Waals surface area contributed by atoms with E-state index in [4.69, 9.17) is 9.26 Å². The molecule has 0 fully saturated rings. The summed E-state index contributed by atoms with van der Waals surface area (Å²) < 4.78 is 10.5. The summed E-state index contributed by atoms with van der Waals surface area (Å²) in [6, 6.07) is 5.93. The zero-order chi connectivity index (χ0) is 17.8. The highest BCUT2D eigenvalue weighted by Crippen LogP contribution is 2.31. The van der Waals surface area contributed by atoms with E-state index in [-0.39, 0.29) is 11.8 Å². The number of rotatable bonds is 6. The van der Waals surface area contributed by atoms with Crippen LogP contribution in [0.1, 0.15) is 56.3 Å². The first-order chi connectivity index (χ1) is 12.1. The molecule has 3 rings (SSSR count). The van der Waals surface area contributed by atoms with Crippen LogP contribution in [-0.2, 0) is 17.6 Å². The van der Waals surface area contributed by atoms with E-state index in [1.807, 2.05) is 36.9 Å². The Labute approximate surface area is 148 Å². The molecule has 25 heavy (non-hydrogen) atoms. The fourth-order valence-corrected chi connectivity index (χ4v) is 3.09. The normalized spacial score (nSPS) is 13.8. The molecule has 1 amide bonds. The first kappa shape index (κ1) is 17.5. The number of hydrogen-bond acceptors (Lipinski definition) is 5. The van der Waals surface area contributed by atoms with E-state index >= 15 is 0 Å². The third-order valence-corrected chi connectivity index (χ3v) is 4.49. The topological polar surface area (TPSA) is 68.5 Å². The van der Waals surface area contributed by atoms with Crippen molar-refractivity contribution in [1.82, 2.24) is 10.1 Å². The van der Waals surface area contributed by atoms with Gasteiger partial charge in [-0.3, -0.25) is 4.79 Å². The quantitative estimate of drug-likeness (QED) is 0.803. The Morgan fingerprint density at radius 3 is 2.96 bits per heavy atom. The van der Waals surface area contributed by atoms with Gasteiger partial charge in [0.25, 0.3) is 0 Å². The summed E-state index contributed by atoms with van der Waals surface area (Å²) in [5.41, 5.74) is 2.19. The van der Waals surface area contributed by atoms with Crippen molar-refractivity contribution in [1.29, 1.82) is 0 Å². The molecule has 0 bridgehead atoms. The predicted octanol–water partition coefficient (Wildman–Crippen LogP) is 3.50. The van der Waals surface area contributed by atoms with Crippen molar-refractivity contribution >= 4 is 11.6 Å². The van der Waals surface area contributed by atoms with Gasteiger partial charge in [0.15, 0.2) is 5.82 Å². The summed E-state index contributed by atoms with van der Waals surface area (Å²) in [5.74, 6) is 2.57. The smallest absolute Gasteiger partial charge is 0.226 e. The van der Waals surface area contributed by atoms with Crippen molar-refractivity contribution in [3.8, 4) is 5.75 Å². The van der Waals surface area contributed by atoms with Gasteiger partial charge in [0.05, 0.1) is 7.11 Å². The number of amides is 1. The summed E-state index contributed by atoms with van der Waals surface area (Å²) in [7, 11) is 1.66. The minimum Gasteiger partial charge on any atom is -0.497 e. The van der Waals surface area contributed by atoms with E-state index < -0.39 is 0 Å². The predicted molar refractivity (Wildman–Crippen MR) is 95.0 cm³/mol. The van der Waals surface area contributed by atoms with Crippen LogP contribution in [0.2, 0.25) is 0 Å². The Kier molecular flexibility index (Phi) is 5.36. The minimum atomic E-state index is 0.148. The molecular formula is C19H25N3O3. The molecule has 0 atom stereocenters. The average Bonchev–Trinajstić information content (AvgIpc) is 3.09. The largest absolute Gasteiger partial charge is 0.497 e. The number of methoxy groups -OCH3 is 1. The van der Waals surface area contributed by atoms with Crippen LogP contribution in [-0.4, -0.2) is 29.7 Å². The number of nitrogens with zero attached hydrogens (tertiary/aromatic N) is 3. The van der Waals surface area contributed by atoms with Crippen molar-refractivity contribution < 1.29 is 14.1 Å². The van der Waals surface area contributed by atoms with E-state index in [2.05, 4.69) is 10.1 Å². The van der Waals surface area contributed by atoms with Crippen molar-refractivity contribution in [2.75, 3.05) is 18.6 Å². The number of aromatic nitrogens is 2. The molecule has 0 N–H and O–H groups in total. The van der Waals surface area contributed by atoms with Crippen molar-refractivity contribution in [2.45, 2.75) is 51.9 Å². The van der Waals surface area contributed by atoms with Gasteiger partial charge >= 0.3 is 0 Å². The lowest BCUT2D eigenvalue weighted by atomic mass is 10.0. The monoisotopic (exact) mass is 343 g/mol. The molecule has 2 aromatic rings. The number of fused-ring (bicyclic) bond motifs is 1. The highest BCUT2D eigenvalue weighted by molar-refractivity contribution is 5.94. The molecule has 134 valence electrons. The van der Waals surface area contributed by atoms with Crippen LogP contribution in [0.4, 0.5) is 5.69 Å². The lowest BCUT2D eigenvalue weighted by Crippen LogP contribution is -2.35. The van der Waals surface area contributed by atoms with Crippen LogP contribution in [0.25, 0.3) is 0 Å². The SMILES string of the molecule is COc1ccc2c(c1)CCCN2C(=O)CCCc1nc(C(C)C)no1. The van der Waals surface area contributed by atoms with Crippen molar-refractivity contribution in [3.63, 3.8) is 0 Å². The highest BCUT2D eigenvalue weighted by Gasteiger charge is 2.22. The Balaban J connectivity index is 1.58. The van der Waals surface area contributed by atoms with Crippen LogP contribution in [0.15, 0.2) is 22.7 Å². The van der Waals surface area contributed by atoms with Crippen LogP contribution in [0, 0.1) is 0 Å². The maximum absolute atomic E-state index is 12.6. The molecule has 0 saturated heterocycles. The molecule has 1 aliphatic rings. The number of benzene rings is 1. The van der Waals surface area contributed by atoms with E-state index in [9.17, 15) is 4.79 Å². The number of aryl methyl sites for hydroxylation is 2. The lowest BCUT2D eigenvalue weighted by molar-refractivity contribution is -0.118. The number of carbonyl (C=O) groups is 1. The average molecular weight is 343 g/mol. The molecule has 0 aliphatic carbocycles. The Morgan fingerprint density at radius 1 is 1.40 bits per heavy atom. The fourth-order valence-electron chi connectivity index (χ4n) is 3.09. The van der Waals surface area contributed by atoms with Gasteiger partial charge in [-0.25, -0.2) is 0 Å². The Bertz CT molecular complexity index is 739.